The number of benzene rings is 1. The Kier molecular flexibility index (Phi) is 3.28. The number of nitrogens with one attached hydrogen (secondary N) is 2. The standard InChI is InChI=1S/C12H15F3N2/c1-16-7-10-4-2-8-6-9(12(13,14)15)3-5-11(8)17-10/h3,5-6,10,16-17H,2,4,7H2,1H3. The van der Waals surface area contributed by atoms with Gasteiger partial charge in [-0.2, -0.15) is 13.2 Å². The SMILES string of the molecule is CNCC1CCc2cc(C(F)(F)F)ccc2N1. The van der Waals surface area contributed by atoms with Crippen LogP contribution >= 0.6 is 0 Å². The zero-order chi connectivity index (χ0) is 12.5. The van der Waals surface area contributed by atoms with E-state index in [1.165, 1.54) is 12.1 Å². The number of anilines is 1. The van der Waals surface area contributed by atoms with E-state index in [-0.39, 0.29) is 0 Å². The van der Waals surface area contributed by atoms with E-state index in [0.29, 0.717) is 12.5 Å². The van der Waals surface area contributed by atoms with Gasteiger partial charge in [-0.3, -0.25) is 0 Å². The molecule has 2 nitrogen and oxygen atoms in total. The topological polar surface area (TPSA) is 24.1 Å². The lowest BCUT2D eigenvalue weighted by molar-refractivity contribution is -0.137. The molecule has 0 fully saturated rings. The maximum atomic E-state index is 12.5. The van der Waals surface area contributed by atoms with Gasteiger partial charge in [-0.25, -0.2) is 0 Å². The summed E-state index contributed by atoms with van der Waals surface area (Å²) in [5.74, 6) is 0. The van der Waals surface area contributed by atoms with Crippen molar-refractivity contribution in [2.45, 2.75) is 25.1 Å². The number of alkyl halides is 3. The number of rotatable bonds is 2. The van der Waals surface area contributed by atoms with E-state index in [1.54, 1.807) is 0 Å². The van der Waals surface area contributed by atoms with Crippen molar-refractivity contribution in [2.75, 3.05) is 18.9 Å². The molecule has 0 aromatic heterocycles. The summed E-state index contributed by atoms with van der Waals surface area (Å²) in [5, 5.41) is 6.31. The summed E-state index contributed by atoms with van der Waals surface area (Å²) in [7, 11) is 1.87. The molecular formula is C12H15F3N2. The van der Waals surface area contributed by atoms with Crippen LogP contribution in [0.3, 0.4) is 0 Å². The molecule has 17 heavy (non-hydrogen) atoms. The number of aryl methyl sites for hydroxylation is 1. The first kappa shape index (κ1) is 12.2. The first-order valence-corrected chi connectivity index (χ1v) is 5.62. The summed E-state index contributed by atoms with van der Waals surface area (Å²) < 4.78 is 37.6. The lowest BCUT2D eigenvalue weighted by atomic mass is 9.96. The third-order valence-electron chi connectivity index (χ3n) is 3.00. The highest BCUT2D eigenvalue weighted by Gasteiger charge is 2.31. The zero-order valence-electron chi connectivity index (χ0n) is 9.56. The van der Waals surface area contributed by atoms with Crippen molar-refractivity contribution in [1.29, 1.82) is 0 Å². The molecule has 5 heteroatoms. The van der Waals surface area contributed by atoms with Gasteiger partial charge in [0.25, 0.3) is 0 Å². The van der Waals surface area contributed by atoms with Crippen LogP contribution in [0.1, 0.15) is 17.5 Å². The van der Waals surface area contributed by atoms with Crippen LogP contribution in [0.4, 0.5) is 18.9 Å². The molecule has 1 atom stereocenters. The molecule has 0 bridgehead atoms. The van der Waals surface area contributed by atoms with E-state index in [1.807, 2.05) is 7.05 Å². The van der Waals surface area contributed by atoms with Gasteiger partial charge in [-0.05, 0) is 43.7 Å². The van der Waals surface area contributed by atoms with Crippen LogP contribution < -0.4 is 10.6 Å². The average molecular weight is 244 g/mol. The van der Waals surface area contributed by atoms with E-state index in [0.717, 1.165) is 30.3 Å². The normalized spacial score (nSPS) is 19.6. The summed E-state index contributed by atoms with van der Waals surface area (Å²) in [6.45, 7) is 0.820. The van der Waals surface area contributed by atoms with Crippen molar-refractivity contribution < 1.29 is 13.2 Å². The Morgan fingerprint density at radius 2 is 2.18 bits per heavy atom. The summed E-state index contributed by atoms with van der Waals surface area (Å²) >= 11 is 0. The van der Waals surface area contributed by atoms with Crippen LogP contribution in [0.5, 0.6) is 0 Å². The van der Waals surface area contributed by atoms with Crippen LogP contribution in [0, 0.1) is 0 Å². The second kappa shape index (κ2) is 4.56. The fourth-order valence-corrected chi connectivity index (χ4v) is 2.14. The first-order chi connectivity index (χ1) is 8.00. The second-order valence-electron chi connectivity index (χ2n) is 4.31. The molecule has 1 unspecified atom stereocenters. The summed E-state index contributed by atoms with van der Waals surface area (Å²) in [4.78, 5) is 0. The Hall–Kier alpha value is -1.23. The highest BCUT2D eigenvalue weighted by Crippen LogP contribution is 2.33. The Balaban J connectivity index is 2.20. The van der Waals surface area contributed by atoms with Crippen LogP contribution in [0.25, 0.3) is 0 Å². The van der Waals surface area contributed by atoms with Crippen LogP contribution in [-0.4, -0.2) is 19.6 Å². The Labute approximate surface area is 98.2 Å². The lowest BCUT2D eigenvalue weighted by Crippen LogP contribution is -2.34. The van der Waals surface area contributed by atoms with Crippen LogP contribution in [-0.2, 0) is 12.6 Å². The van der Waals surface area contributed by atoms with Gasteiger partial charge in [0.05, 0.1) is 5.56 Å². The monoisotopic (exact) mass is 244 g/mol. The van der Waals surface area contributed by atoms with E-state index in [4.69, 9.17) is 0 Å². The van der Waals surface area contributed by atoms with Crippen LogP contribution in [0.15, 0.2) is 18.2 Å². The van der Waals surface area contributed by atoms with E-state index in [2.05, 4.69) is 10.6 Å². The minimum absolute atomic E-state index is 0.296. The Morgan fingerprint density at radius 3 is 2.82 bits per heavy atom. The van der Waals surface area contributed by atoms with Gasteiger partial charge in [0, 0.05) is 18.3 Å². The molecule has 1 heterocycles. The highest BCUT2D eigenvalue weighted by molar-refractivity contribution is 5.55. The number of hydrogen-bond donors (Lipinski definition) is 2. The van der Waals surface area contributed by atoms with Crippen molar-refractivity contribution in [2.24, 2.45) is 0 Å². The van der Waals surface area contributed by atoms with Crippen molar-refractivity contribution in [3.8, 4) is 0 Å². The van der Waals surface area contributed by atoms with Crippen LogP contribution in [0.2, 0.25) is 0 Å². The van der Waals surface area contributed by atoms with Gasteiger partial charge in [0.15, 0.2) is 0 Å². The molecule has 0 aliphatic carbocycles. The Bertz CT molecular complexity index is 401. The van der Waals surface area contributed by atoms with Gasteiger partial charge < -0.3 is 10.6 Å². The van der Waals surface area contributed by atoms with Gasteiger partial charge >= 0.3 is 6.18 Å². The molecule has 2 N–H and O–H groups in total. The predicted molar refractivity (Wildman–Crippen MR) is 61.1 cm³/mol. The maximum absolute atomic E-state index is 12.5. The van der Waals surface area contributed by atoms with Gasteiger partial charge in [-0.15, -0.1) is 0 Å². The van der Waals surface area contributed by atoms with Gasteiger partial charge in [0.1, 0.15) is 0 Å². The molecule has 2 rings (SSSR count). The number of hydrogen-bond acceptors (Lipinski definition) is 2. The largest absolute Gasteiger partial charge is 0.416 e. The highest BCUT2D eigenvalue weighted by atomic mass is 19.4. The fraction of sp³-hybridized carbons (Fsp3) is 0.500. The van der Waals surface area contributed by atoms with Gasteiger partial charge in [0.2, 0.25) is 0 Å². The third-order valence-corrected chi connectivity index (χ3v) is 3.00. The van der Waals surface area contributed by atoms with Crippen molar-refractivity contribution >= 4 is 5.69 Å². The number of fused-ring (bicyclic) bond motifs is 1. The van der Waals surface area contributed by atoms with E-state index >= 15 is 0 Å². The smallest absolute Gasteiger partial charge is 0.381 e. The van der Waals surface area contributed by atoms with Gasteiger partial charge in [-0.1, -0.05) is 0 Å². The molecule has 1 aromatic rings. The summed E-state index contributed by atoms with van der Waals surface area (Å²) in [6.07, 6.45) is -2.70. The third kappa shape index (κ3) is 2.72. The summed E-state index contributed by atoms with van der Waals surface area (Å²) in [6, 6.07) is 4.20. The molecule has 1 aliphatic heterocycles. The van der Waals surface area contributed by atoms with Crippen molar-refractivity contribution in [3.05, 3.63) is 29.3 Å². The Morgan fingerprint density at radius 1 is 1.41 bits per heavy atom. The lowest BCUT2D eigenvalue weighted by Gasteiger charge is -2.27. The molecule has 0 amide bonds. The zero-order valence-corrected chi connectivity index (χ0v) is 9.56. The number of halogens is 3. The van der Waals surface area contributed by atoms with E-state index < -0.39 is 11.7 Å². The maximum Gasteiger partial charge on any atom is 0.416 e. The molecule has 1 aromatic carbocycles. The molecule has 0 radical (unpaired) electrons. The molecule has 0 saturated carbocycles. The molecule has 0 spiro atoms. The molecule has 94 valence electrons. The fourth-order valence-electron chi connectivity index (χ4n) is 2.14. The second-order valence-corrected chi connectivity index (χ2v) is 4.31. The minimum Gasteiger partial charge on any atom is -0.381 e. The first-order valence-electron chi connectivity index (χ1n) is 5.62. The predicted octanol–water partition coefficient (Wildman–Crippen LogP) is 2.65. The van der Waals surface area contributed by atoms with E-state index in [9.17, 15) is 13.2 Å². The quantitative estimate of drug-likeness (QED) is 0.835. The summed E-state index contributed by atoms with van der Waals surface area (Å²) in [5.41, 5.74) is 1.02. The number of likely N-dealkylation sites (N-methyl/N-ethyl adjacent to an activating group) is 1. The molecular weight excluding hydrogens is 229 g/mol. The van der Waals surface area contributed by atoms with Crippen molar-refractivity contribution in [1.82, 2.24) is 5.32 Å². The minimum atomic E-state index is -4.25. The molecule has 1 aliphatic rings. The average Bonchev–Trinajstić information content (AvgIpc) is 2.27. The van der Waals surface area contributed by atoms with Crippen molar-refractivity contribution in [3.63, 3.8) is 0 Å². The molecule has 0 saturated heterocycles.